The molecule has 1 atom stereocenters. The zero-order chi connectivity index (χ0) is 13.0. The second-order valence-corrected chi connectivity index (χ2v) is 4.95. The highest BCUT2D eigenvalue weighted by Gasteiger charge is 2.28. The lowest BCUT2D eigenvalue weighted by Crippen LogP contribution is -2.52. The topological polar surface area (TPSA) is 52.6 Å². The normalized spacial score (nSPS) is 22.5. The monoisotopic (exact) mass is 252 g/mol. The number of hydrogen-bond acceptors (Lipinski definition) is 5. The predicted octanol–water partition coefficient (Wildman–Crippen LogP) is 1.24. The molecular formula is C13H20N2O3. The third-order valence-electron chi connectivity index (χ3n) is 2.77. The van der Waals surface area contributed by atoms with Crippen LogP contribution < -0.4 is 14.8 Å². The molecule has 0 radical (unpaired) electrons. The van der Waals surface area contributed by atoms with E-state index in [0.29, 0.717) is 18.2 Å². The van der Waals surface area contributed by atoms with Crippen molar-refractivity contribution in [2.24, 2.45) is 0 Å². The van der Waals surface area contributed by atoms with Crippen molar-refractivity contribution in [1.82, 2.24) is 10.3 Å². The standard InChI is InChI=1S/C13H20N2O3/c1-13(2)9-14-7-10(18-13)8-17-12-11(16-3)5-4-6-15-12/h4-6,10,14H,7-9H2,1-3H3. The van der Waals surface area contributed by atoms with Crippen molar-refractivity contribution in [2.75, 3.05) is 26.8 Å². The molecule has 0 aromatic carbocycles. The smallest absolute Gasteiger partial charge is 0.257 e. The molecule has 18 heavy (non-hydrogen) atoms. The number of methoxy groups -OCH3 is 1. The number of hydrogen-bond donors (Lipinski definition) is 1. The summed E-state index contributed by atoms with van der Waals surface area (Å²) < 4.78 is 16.8. The third-order valence-corrected chi connectivity index (χ3v) is 2.77. The van der Waals surface area contributed by atoms with Gasteiger partial charge in [0, 0.05) is 19.3 Å². The average molecular weight is 252 g/mol. The molecule has 0 bridgehead atoms. The van der Waals surface area contributed by atoms with Gasteiger partial charge in [-0.25, -0.2) is 4.98 Å². The minimum atomic E-state index is -0.152. The minimum Gasteiger partial charge on any atom is -0.491 e. The Morgan fingerprint density at radius 1 is 1.56 bits per heavy atom. The first-order valence-corrected chi connectivity index (χ1v) is 6.11. The summed E-state index contributed by atoms with van der Waals surface area (Å²) >= 11 is 0. The first-order valence-electron chi connectivity index (χ1n) is 6.11. The highest BCUT2D eigenvalue weighted by atomic mass is 16.6. The number of pyridine rings is 1. The average Bonchev–Trinajstić information content (AvgIpc) is 2.35. The maximum absolute atomic E-state index is 5.91. The van der Waals surface area contributed by atoms with Crippen LogP contribution in [-0.2, 0) is 4.74 Å². The Kier molecular flexibility index (Phi) is 4.04. The first kappa shape index (κ1) is 13.1. The number of morpholine rings is 1. The predicted molar refractivity (Wildman–Crippen MR) is 68.1 cm³/mol. The van der Waals surface area contributed by atoms with E-state index in [4.69, 9.17) is 14.2 Å². The first-order chi connectivity index (χ1) is 8.61. The zero-order valence-corrected chi connectivity index (χ0v) is 11.1. The van der Waals surface area contributed by atoms with Gasteiger partial charge in [-0.2, -0.15) is 0 Å². The van der Waals surface area contributed by atoms with Gasteiger partial charge in [-0.05, 0) is 26.0 Å². The highest BCUT2D eigenvalue weighted by molar-refractivity contribution is 5.32. The summed E-state index contributed by atoms with van der Waals surface area (Å²) in [6.07, 6.45) is 1.71. The SMILES string of the molecule is COc1cccnc1OCC1CNCC(C)(C)O1. The molecule has 1 N–H and O–H groups in total. The molecule has 1 aliphatic rings. The van der Waals surface area contributed by atoms with Crippen molar-refractivity contribution < 1.29 is 14.2 Å². The van der Waals surface area contributed by atoms with Crippen LogP contribution in [0.1, 0.15) is 13.8 Å². The molecule has 2 heterocycles. The van der Waals surface area contributed by atoms with Crippen LogP contribution in [0, 0.1) is 0 Å². The van der Waals surface area contributed by atoms with Gasteiger partial charge < -0.3 is 19.5 Å². The number of rotatable bonds is 4. The molecule has 1 unspecified atom stereocenters. The summed E-state index contributed by atoms with van der Waals surface area (Å²) in [5, 5.41) is 3.33. The van der Waals surface area contributed by atoms with Crippen molar-refractivity contribution in [2.45, 2.75) is 25.6 Å². The minimum absolute atomic E-state index is 0.0282. The van der Waals surface area contributed by atoms with Gasteiger partial charge in [0.05, 0.1) is 12.7 Å². The molecule has 1 aliphatic heterocycles. The van der Waals surface area contributed by atoms with E-state index in [1.54, 1.807) is 13.3 Å². The summed E-state index contributed by atoms with van der Waals surface area (Å²) in [5.74, 6) is 1.15. The Labute approximate surface area is 107 Å². The second-order valence-electron chi connectivity index (χ2n) is 4.95. The molecule has 5 nitrogen and oxygen atoms in total. The Morgan fingerprint density at radius 2 is 2.39 bits per heavy atom. The number of ether oxygens (including phenoxy) is 3. The highest BCUT2D eigenvalue weighted by Crippen LogP contribution is 2.23. The van der Waals surface area contributed by atoms with Gasteiger partial charge in [0.25, 0.3) is 5.88 Å². The Morgan fingerprint density at radius 3 is 3.11 bits per heavy atom. The van der Waals surface area contributed by atoms with Crippen LogP contribution in [0.15, 0.2) is 18.3 Å². The van der Waals surface area contributed by atoms with Gasteiger partial charge in [-0.15, -0.1) is 0 Å². The zero-order valence-electron chi connectivity index (χ0n) is 11.1. The number of nitrogens with one attached hydrogen (secondary N) is 1. The Hall–Kier alpha value is -1.33. The van der Waals surface area contributed by atoms with Crippen LogP contribution in [0.25, 0.3) is 0 Å². The lowest BCUT2D eigenvalue weighted by Gasteiger charge is -2.36. The maximum Gasteiger partial charge on any atom is 0.257 e. The quantitative estimate of drug-likeness (QED) is 0.873. The fourth-order valence-corrected chi connectivity index (χ4v) is 1.97. The van der Waals surface area contributed by atoms with E-state index >= 15 is 0 Å². The molecule has 1 aromatic rings. The molecule has 1 aromatic heterocycles. The summed E-state index contributed by atoms with van der Waals surface area (Å²) in [6.45, 7) is 6.24. The third kappa shape index (κ3) is 3.34. The largest absolute Gasteiger partial charge is 0.491 e. The molecule has 100 valence electrons. The van der Waals surface area contributed by atoms with E-state index in [9.17, 15) is 0 Å². The molecule has 1 fully saturated rings. The van der Waals surface area contributed by atoms with Crippen LogP contribution in [0.4, 0.5) is 0 Å². The number of nitrogens with zero attached hydrogens (tertiary/aromatic N) is 1. The molecular weight excluding hydrogens is 232 g/mol. The number of aromatic nitrogens is 1. The molecule has 5 heteroatoms. The van der Waals surface area contributed by atoms with E-state index in [-0.39, 0.29) is 11.7 Å². The van der Waals surface area contributed by atoms with E-state index < -0.39 is 0 Å². The van der Waals surface area contributed by atoms with Gasteiger partial charge in [-0.1, -0.05) is 0 Å². The van der Waals surface area contributed by atoms with Crippen LogP contribution >= 0.6 is 0 Å². The lowest BCUT2D eigenvalue weighted by atomic mass is 10.1. The van der Waals surface area contributed by atoms with Gasteiger partial charge >= 0.3 is 0 Å². The van der Waals surface area contributed by atoms with Crippen molar-refractivity contribution in [3.05, 3.63) is 18.3 Å². The Bertz CT molecular complexity index is 396. The molecule has 0 spiro atoms. The van der Waals surface area contributed by atoms with Crippen LogP contribution in [0.5, 0.6) is 11.6 Å². The molecule has 0 amide bonds. The van der Waals surface area contributed by atoms with Crippen molar-refractivity contribution in [1.29, 1.82) is 0 Å². The van der Waals surface area contributed by atoms with Crippen LogP contribution in [0.2, 0.25) is 0 Å². The van der Waals surface area contributed by atoms with Gasteiger partial charge in [0.15, 0.2) is 5.75 Å². The summed E-state index contributed by atoms with van der Waals surface area (Å²) in [6, 6.07) is 3.64. The van der Waals surface area contributed by atoms with Gasteiger partial charge in [-0.3, -0.25) is 0 Å². The van der Waals surface area contributed by atoms with Crippen LogP contribution in [0.3, 0.4) is 0 Å². The van der Waals surface area contributed by atoms with Crippen LogP contribution in [-0.4, -0.2) is 43.5 Å². The molecule has 0 saturated carbocycles. The molecule has 0 aliphatic carbocycles. The second kappa shape index (κ2) is 5.54. The molecule has 2 rings (SSSR count). The fourth-order valence-electron chi connectivity index (χ4n) is 1.97. The van der Waals surface area contributed by atoms with E-state index in [2.05, 4.69) is 24.1 Å². The summed E-state index contributed by atoms with van der Waals surface area (Å²) in [4.78, 5) is 4.15. The fraction of sp³-hybridized carbons (Fsp3) is 0.615. The van der Waals surface area contributed by atoms with E-state index in [0.717, 1.165) is 13.1 Å². The van der Waals surface area contributed by atoms with E-state index in [1.165, 1.54) is 0 Å². The summed E-state index contributed by atoms with van der Waals surface area (Å²) in [7, 11) is 1.60. The Balaban J connectivity index is 1.91. The van der Waals surface area contributed by atoms with Gasteiger partial charge in [0.1, 0.15) is 12.7 Å². The van der Waals surface area contributed by atoms with Gasteiger partial charge in [0.2, 0.25) is 0 Å². The lowest BCUT2D eigenvalue weighted by molar-refractivity contribution is -0.107. The van der Waals surface area contributed by atoms with E-state index in [1.807, 2.05) is 12.1 Å². The van der Waals surface area contributed by atoms with Crippen molar-refractivity contribution in [3.8, 4) is 11.6 Å². The molecule has 1 saturated heterocycles. The van der Waals surface area contributed by atoms with Crippen molar-refractivity contribution >= 4 is 0 Å². The summed E-state index contributed by atoms with van der Waals surface area (Å²) in [5.41, 5.74) is -0.152. The maximum atomic E-state index is 5.91. The van der Waals surface area contributed by atoms with Crippen molar-refractivity contribution in [3.63, 3.8) is 0 Å².